The van der Waals surface area contributed by atoms with E-state index in [1.54, 1.807) is 24.4 Å². The van der Waals surface area contributed by atoms with Gasteiger partial charge in [0.2, 0.25) is 0 Å². The van der Waals surface area contributed by atoms with E-state index in [2.05, 4.69) is 5.32 Å². The molecule has 17 heavy (non-hydrogen) atoms. The van der Waals surface area contributed by atoms with Crippen molar-refractivity contribution in [1.29, 1.82) is 0 Å². The molecule has 0 atom stereocenters. The van der Waals surface area contributed by atoms with Crippen molar-refractivity contribution in [1.82, 2.24) is 0 Å². The Hall–Kier alpha value is -2.08. The molecule has 0 radical (unpaired) electrons. The first-order valence-electron chi connectivity index (χ1n) is 4.82. The number of carbonyl (C=O) groups is 2. The Morgan fingerprint density at radius 1 is 1.47 bits per heavy atom. The smallest absolute Gasteiger partial charge is 0.291 e. The number of hydrogen-bond acceptors (Lipinski definition) is 4. The molecule has 2 heterocycles. The zero-order chi connectivity index (χ0) is 12.4. The molecule has 2 aromatic rings. The summed E-state index contributed by atoms with van der Waals surface area (Å²) in [5.74, 6) is -0.774. The number of thiophene rings is 1. The van der Waals surface area contributed by atoms with Crippen molar-refractivity contribution in [3.63, 3.8) is 0 Å². The fourth-order valence-corrected chi connectivity index (χ4v) is 2.36. The molecule has 3 N–H and O–H groups in total. The van der Waals surface area contributed by atoms with Crippen LogP contribution in [0.1, 0.15) is 26.5 Å². The molecule has 0 fully saturated rings. The number of furan rings is 1. The summed E-state index contributed by atoms with van der Waals surface area (Å²) in [6.07, 6.45) is 1.41. The van der Waals surface area contributed by atoms with Gasteiger partial charge in [-0.05, 0) is 30.0 Å². The standard InChI is InChI=1S/C11H10N2O3S/c1-6-5-17-11(8(6)9(12)14)13-10(15)7-3-2-4-16-7/h2-5H,1H3,(H2,12,14)(H,13,15). The van der Waals surface area contributed by atoms with Gasteiger partial charge in [-0.2, -0.15) is 0 Å². The fraction of sp³-hybridized carbons (Fsp3) is 0.0909. The number of carbonyl (C=O) groups excluding carboxylic acids is 2. The third-order valence-corrected chi connectivity index (χ3v) is 3.21. The summed E-state index contributed by atoms with van der Waals surface area (Å²) in [4.78, 5) is 22.9. The van der Waals surface area contributed by atoms with Crippen LogP contribution in [0.4, 0.5) is 5.00 Å². The van der Waals surface area contributed by atoms with Crippen LogP contribution in [0.3, 0.4) is 0 Å². The topological polar surface area (TPSA) is 85.3 Å². The molecule has 2 aromatic heterocycles. The monoisotopic (exact) mass is 250 g/mol. The van der Waals surface area contributed by atoms with Crippen LogP contribution in [0.2, 0.25) is 0 Å². The first-order chi connectivity index (χ1) is 8.09. The minimum absolute atomic E-state index is 0.187. The van der Waals surface area contributed by atoms with Gasteiger partial charge in [-0.3, -0.25) is 9.59 Å². The van der Waals surface area contributed by atoms with E-state index in [-0.39, 0.29) is 5.76 Å². The van der Waals surface area contributed by atoms with Gasteiger partial charge in [0, 0.05) is 0 Å². The van der Waals surface area contributed by atoms with Crippen molar-refractivity contribution in [3.8, 4) is 0 Å². The third kappa shape index (κ3) is 2.21. The molecule has 2 amide bonds. The molecule has 6 heteroatoms. The summed E-state index contributed by atoms with van der Waals surface area (Å²) in [6, 6.07) is 3.16. The SMILES string of the molecule is Cc1csc(NC(=O)c2ccco2)c1C(N)=O. The molecule has 0 spiro atoms. The maximum absolute atomic E-state index is 11.7. The Bertz CT molecular complexity index is 557. The van der Waals surface area contributed by atoms with Gasteiger partial charge in [0.1, 0.15) is 5.00 Å². The number of aryl methyl sites for hydroxylation is 1. The average molecular weight is 250 g/mol. The molecule has 0 bridgehead atoms. The predicted octanol–water partition coefficient (Wildman–Crippen LogP) is 2.00. The second-order valence-electron chi connectivity index (χ2n) is 3.42. The van der Waals surface area contributed by atoms with E-state index in [4.69, 9.17) is 10.2 Å². The molecule has 0 aliphatic rings. The van der Waals surface area contributed by atoms with Crippen molar-refractivity contribution in [2.45, 2.75) is 6.92 Å². The lowest BCUT2D eigenvalue weighted by Gasteiger charge is -2.02. The Morgan fingerprint density at radius 2 is 2.24 bits per heavy atom. The quantitative estimate of drug-likeness (QED) is 0.873. The summed E-state index contributed by atoms with van der Waals surface area (Å²) in [5, 5.41) is 4.80. The molecule has 0 aliphatic carbocycles. The minimum atomic E-state index is -0.557. The van der Waals surface area contributed by atoms with Crippen LogP contribution in [0.5, 0.6) is 0 Å². The van der Waals surface area contributed by atoms with Crippen molar-refractivity contribution in [2.75, 3.05) is 5.32 Å². The van der Waals surface area contributed by atoms with Gasteiger partial charge in [0.05, 0.1) is 11.8 Å². The van der Waals surface area contributed by atoms with Crippen LogP contribution in [-0.2, 0) is 0 Å². The van der Waals surface area contributed by atoms with E-state index < -0.39 is 11.8 Å². The van der Waals surface area contributed by atoms with E-state index in [1.807, 2.05) is 0 Å². The number of amides is 2. The zero-order valence-corrected chi connectivity index (χ0v) is 9.84. The van der Waals surface area contributed by atoms with Crippen molar-refractivity contribution >= 4 is 28.2 Å². The maximum atomic E-state index is 11.7. The fourth-order valence-electron chi connectivity index (χ4n) is 1.41. The van der Waals surface area contributed by atoms with Gasteiger partial charge < -0.3 is 15.5 Å². The molecular formula is C11H10N2O3S. The number of hydrogen-bond donors (Lipinski definition) is 2. The Balaban J connectivity index is 2.25. The van der Waals surface area contributed by atoms with Crippen molar-refractivity contribution in [2.24, 2.45) is 5.73 Å². The van der Waals surface area contributed by atoms with E-state index >= 15 is 0 Å². The van der Waals surface area contributed by atoms with E-state index in [0.29, 0.717) is 10.6 Å². The first-order valence-corrected chi connectivity index (χ1v) is 5.70. The van der Waals surface area contributed by atoms with Gasteiger partial charge >= 0.3 is 0 Å². The van der Waals surface area contributed by atoms with E-state index in [1.165, 1.54) is 17.6 Å². The third-order valence-electron chi connectivity index (χ3n) is 2.19. The second kappa shape index (κ2) is 4.42. The lowest BCUT2D eigenvalue weighted by molar-refractivity contribution is 0.0997. The number of primary amides is 1. The summed E-state index contributed by atoms with van der Waals surface area (Å²) < 4.78 is 4.95. The summed E-state index contributed by atoms with van der Waals surface area (Å²) in [6.45, 7) is 1.76. The van der Waals surface area contributed by atoms with Crippen molar-refractivity contribution < 1.29 is 14.0 Å². The highest BCUT2D eigenvalue weighted by Crippen LogP contribution is 2.27. The minimum Gasteiger partial charge on any atom is -0.459 e. The number of anilines is 1. The normalized spacial score (nSPS) is 10.2. The Labute approximate surface area is 101 Å². The van der Waals surface area contributed by atoms with Crippen LogP contribution in [-0.4, -0.2) is 11.8 Å². The Kier molecular flexibility index (Phi) is 2.97. The van der Waals surface area contributed by atoms with Crippen molar-refractivity contribution in [3.05, 3.63) is 40.7 Å². The number of nitrogens with two attached hydrogens (primary N) is 1. The largest absolute Gasteiger partial charge is 0.459 e. The summed E-state index contributed by atoms with van der Waals surface area (Å²) in [7, 11) is 0. The van der Waals surface area contributed by atoms with Crippen LogP contribution in [0.25, 0.3) is 0 Å². The second-order valence-corrected chi connectivity index (χ2v) is 4.30. The Morgan fingerprint density at radius 3 is 2.82 bits per heavy atom. The van der Waals surface area contributed by atoms with Gasteiger partial charge in [0.15, 0.2) is 5.76 Å². The highest BCUT2D eigenvalue weighted by atomic mass is 32.1. The number of nitrogens with one attached hydrogen (secondary N) is 1. The van der Waals surface area contributed by atoms with Crippen LogP contribution < -0.4 is 11.1 Å². The molecule has 0 unspecified atom stereocenters. The van der Waals surface area contributed by atoms with Gasteiger partial charge in [0.25, 0.3) is 11.8 Å². The molecule has 2 rings (SSSR count). The summed E-state index contributed by atoms with van der Waals surface area (Å²) >= 11 is 1.26. The van der Waals surface area contributed by atoms with Crippen LogP contribution in [0.15, 0.2) is 28.2 Å². The van der Waals surface area contributed by atoms with Crippen LogP contribution >= 0.6 is 11.3 Å². The zero-order valence-electron chi connectivity index (χ0n) is 9.02. The van der Waals surface area contributed by atoms with Crippen LogP contribution in [0, 0.1) is 6.92 Å². The molecule has 0 saturated carbocycles. The summed E-state index contributed by atoms with van der Waals surface area (Å²) in [5.41, 5.74) is 6.34. The highest BCUT2D eigenvalue weighted by molar-refractivity contribution is 7.15. The molecule has 5 nitrogen and oxygen atoms in total. The molecule has 0 saturated heterocycles. The molecule has 0 aliphatic heterocycles. The van der Waals surface area contributed by atoms with Gasteiger partial charge in [-0.25, -0.2) is 0 Å². The van der Waals surface area contributed by atoms with Gasteiger partial charge in [-0.1, -0.05) is 0 Å². The maximum Gasteiger partial charge on any atom is 0.291 e. The first kappa shape index (κ1) is 11.4. The number of rotatable bonds is 3. The predicted molar refractivity (Wildman–Crippen MR) is 64.2 cm³/mol. The van der Waals surface area contributed by atoms with Gasteiger partial charge in [-0.15, -0.1) is 11.3 Å². The molecular weight excluding hydrogens is 240 g/mol. The highest BCUT2D eigenvalue weighted by Gasteiger charge is 2.17. The lowest BCUT2D eigenvalue weighted by atomic mass is 10.2. The molecule has 0 aromatic carbocycles. The van der Waals surface area contributed by atoms with E-state index in [0.717, 1.165) is 5.56 Å². The lowest BCUT2D eigenvalue weighted by Crippen LogP contribution is -2.17. The average Bonchev–Trinajstić information content (AvgIpc) is 2.87. The van der Waals surface area contributed by atoms with E-state index in [9.17, 15) is 9.59 Å². The molecule has 88 valence electrons.